The fourth-order valence-corrected chi connectivity index (χ4v) is 3.71. The molecule has 0 bridgehead atoms. The highest BCUT2D eigenvalue weighted by atomic mass is 16.5. The van der Waals surface area contributed by atoms with Gasteiger partial charge in [0.15, 0.2) is 0 Å². The van der Waals surface area contributed by atoms with E-state index in [-0.39, 0.29) is 5.97 Å². The van der Waals surface area contributed by atoms with E-state index in [4.69, 9.17) is 10.00 Å². The normalized spacial score (nSPS) is 27.4. The van der Waals surface area contributed by atoms with Crippen molar-refractivity contribution in [3.63, 3.8) is 0 Å². The Hall–Kier alpha value is -1.12. The number of piperidine rings is 1. The lowest BCUT2D eigenvalue weighted by atomic mass is 9.90. The number of rotatable bonds is 6. The molecular weight excluding hydrogens is 266 g/mol. The predicted octanol–water partition coefficient (Wildman–Crippen LogP) is 1.69. The molecule has 5 nitrogen and oxygen atoms in total. The molecule has 1 saturated heterocycles. The van der Waals surface area contributed by atoms with Gasteiger partial charge in [-0.2, -0.15) is 5.26 Å². The molecule has 2 rings (SSSR count). The average Bonchev–Trinajstić information content (AvgIpc) is 2.98. The smallest absolute Gasteiger partial charge is 0.305 e. The molecule has 21 heavy (non-hydrogen) atoms. The molecule has 2 fully saturated rings. The maximum absolute atomic E-state index is 11.3. The van der Waals surface area contributed by atoms with E-state index in [0.717, 1.165) is 25.9 Å². The summed E-state index contributed by atoms with van der Waals surface area (Å²) in [4.78, 5) is 13.5. The van der Waals surface area contributed by atoms with E-state index in [1.807, 2.05) is 0 Å². The molecule has 0 aromatic carbocycles. The van der Waals surface area contributed by atoms with E-state index >= 15 is 0 Å². The highest BCUT2D eigenvalue weighted by molar-refractivity contribution is 5.69. The van der Waals surface area contributed by atoms with Gasteiger partial charge in [-0.25, -0.2) is 0 Å². The Morgan fingerprint density at radius 3 is 2.76 bits per heavy atom. The minimum absolute atomic E-state index is 0.132. The number of hydrogen-bond donors (Lipinski definition) is 1. The number of methoxy groups -OCH3 is 1. The predicted molar refractivity (Wildman–Crippen MR) is 80.6 cm³/mol. The van der Waals surface area contributed by atoms with Gasteiger partial charge in [-0.15, -0.1) is 0 Å². The number of carbonyl (C=O) groups excluding carboxylic acids is 1. The van der Waals surface area contributed by atoms with Crippen LogP contribution in [0.5, 0.6) is 0 Å². The Labute approximate surface area is 127 Å². The number of likely N-dealkylation sites (tertiary alicyclic amines) is 1. The molecule has 1 aliphatic heterocycles. The maximum atomic E-state index is 11.3. The summed E-state index contributed by atoms with van der Waals surface area (Å²) in [5.74, 6) is 0.345. The monoisotopic (exact) mass is 293 g/mol. The minimum atomic E-state index is -0.132. The molecule has 0 spiro atoms. The number of esters is 1. The van der Waals surface area contributed by atoms with E-state index in [9.17, 15) is 4.79 Å². The second-order valence-corrected chi connectivity index (χ2v) is 6.41. The third-order valence-corrected chi connectivity index (χ3v) is 4.72. The van der Waals surface area contributed by atoms with E-state index < -0.39 is 0 Å². The van der Waals surface area contributed by atoms with Crippen molar-refractivity contribution in [2.75, 3.05) is 26.7 Å². The summed E-state index contributed by atoms with van der Waals surface area (Å²) in [6, 6.07) is 3.36. The van der Waals surface area contributed by atoms with Crippen molar-refractivity contribution in [3.8, 4) is 6.07 Å². The van der Waals surface area contributed by atoms with Crippen LogP contribution in [0.3, 0.4) is 0 Å². The topological polar surface area (TPSA) is 65.4 Å². The molecule has 1 aliphatic carbocycles. The summed E-state index contributed by atoms with van der Waals surface area (Å²) in [5, 5.41) is 12.7. The molecular formula is C16H27N3O2. The van der Waals surface area contributed by atoms with Gasteiger partial charge in [0, 0.05) is 31.6 Å². The van der Waals surface area contributed by atoms with Gasteiger partial charge in [0.2, 0.25) is 0 Å². The second kappa shape index (κ2) is 8.35. The Balaban J connectivity index is 1.84. The van der Waals surface area contributed by atoms with Crippen LogP contribution >= 0.6 is 0 Å². The van der Waals surface area contributed by atoms with Crippen LogP contribution in [0.4, 0.5) is 0 Å². The van der Waals surface area contributed by atoms with Crippen LogP contribution in [0.1, 0.15) is 44.9 Å². The molecule has 118 valence electrons. The van der Waals surface area contributed by atoms with Crippen LogP contribution in [0, 0.1) is 17.2 Å². The largest absolute Gasteiger partial charge is 0.469 e. The quantitative estimate of drug-likeness (QED) is 0.596. The van der Waals surface area contributed by atoms with Crippen molar-refractivity contribution in [1.29, 1.82) is 5.26 Å². The molecule has 2 atom stereocenters. The summed E-state index contributed by atoms with van der Waals surface area (Å²) in [6.45, 7) is 2.36. The molecule has 0 amide bonds. The SMILES string of the molecule is COC(=O)CCC1CC(NC2CCCC2)CN(CC#N)C1. The van der Waals surface area contributed by atoms with Gasteiger partial charge >= 0.3 is 5.97 Å². The second-order valence-electron chi connectivity index (χ2n) is 6.41. The van der Waals surface area contributed by atoms with Crippen molar-refractivity contribution < 1.29 is 9.53 Å². The van der Waals surface area contributed by atoms with Gasteiger partial charge in [0.1, 0.15) is 0 Å². The third-order valence-electron chi connectivity index (χ3n) is 4.72. The molecule has 1 N–H and O–H groups in total. The zero-order valence-corrected chi connectivity index (χ0v) is 13.0. The van der Waals surface area contributed by atoms with Crippen molar-refractivity contribution >= 4 is 5.97 Å². The van der Waals surface area contributed by atoms with Gasteiger partial charge in [-0.05, 0) is 31.6 Å². The number of nitrogens with zero attached hydrogens (tertiary/aromatic N) is 2. The molecule has 2 unspecified atom stereocenters. The molecule has 1 saturated carbocycles. The molecule has 0 aromatic heterocycles. The summed E-state index contributed by atoms with van der Waals surface area (Å²) in [6.07, 6.45) is 7.67. The Kier molecular flexibility index (Phi) is 6.47. The number of nitrogens with one attached hydrogen (secondary N) is 1. The van der Waals surface area contributed by atoms with E-state index in [1.165, 1.54) is 32.8 Å². The van der Waals surface area contributed by atoms with E-state index in [0.29, 0.717) is 31.0 Å². The first kappa shape index (κ1) is 16.3. The lowest BCUT2D eigenvalue weighted by molar-refractivity contribution is -0.141. The van der Waals surface area contributed by atoms with Crippen molar-refractivity contribution in [2.45, 2.75) is 57.0 Å². The first-order valence-corrected chi connectivity index (χ1v) is 8.13. The molecule has 0 aromatic rings. The van der Waals surface area contributed by atoms with Crippen LogP contribution in [-0.4, -0.2) is 49.7 Å². The van der Waals surface area contributed by atoms with Gasteiger partial charge in [-0.3, -0.25) is 9.69 Å². The third kappa shape index (κ3) is 5.29. The highest BCUT2D eigenvalue weighted by Crippen LogP contribution is 2.24. The molecule has 5 heteroatoms. The molecule has 0 radical (unpaired) electrons. The Bertz CT molecular complexity index is 374. The van der Waals surface area contributed by atoms with Crippen LogP contribution in [0.15, 0.2) is 0 Å². The van der Waals surface area contributed by atoms with Crippen LogP contribution in [-0.2, 0) is 9.53 Å². The molecule has 1 heterocycles. The minimum Gasteiger partial charge on any atom is -0.469 e. The first-order valence-electron chi connectivity index (χ1n) is 8.13. The average molecular weight is 293 g/mol. The fourth-order valence-electron chi connectivity index (χ4n) is 3.71. The van der Waals surface area contributed by atoms with E-state index in [2.05, 4.69) is 16.3 Å². The number of carbonyl (C=O) groups is 1. The summed E-state index contributed by atoms with van der Waals surface area (Å²) < 4.78 is 4.73. The first-order chi connectivity index (χ1) is 10.2. The standard InChI is InChI=1S/C16H27N3O2/c1-21-16(20)7-6-13-10-15(12-19(11-13)9-8-17)18-14-4-2-3-5-14/h13-15,18H,2-7,9-12H2,1H3. The van der Waals surface area contributed by atoms with Crippen molar-refractivity contribution in [3.05, 3.63) is 0 Å². The Morgan fingerprint density at radius 1 is 1.33 bits per heavy atom. The van der Waals surface area contributed by atoms with Crippen molar-refractivity contribution in [2.24, 2.45) is 5.92 Å². The number of ether oxygens (including phenoxy) is 1. The number of nitriles is 1. The van der Waals surface area contributed by atoms with Gasteiger partial charge in [-0.1, -0.05) is 12.8 Å². The zero-order valence-electron chi connectivity index (χ0n) is 13.0. The van der Waals surface area contributed by atoms with Gasteiger partial charge < -0.3 is 10.1 Å². The van der Waals surface area contributed by atoms with Gasteiger partial charge in [0.25, 0.3) is 0 Å². The van der Waals surface area contributed by atoms with Crippen LogP contribution in [0.2, 0.25) is 0 Å². The number of hydrogen-bond acceptors (Lipinski definition) is 5. The maximum Gasteiger partial charge on any atom is 0.305 e. The highest BCUT2D eigenvalue weighted by Gasteiger charge is 2.29. The molecule has 2 aliphatic rings. The lowest BCUT2D eigenvalue weighted by Crippen LogP contribution is -2.51. The van der Waals surface area contributed by atoms with Crippen molar-refractivity contribution in [1.82, 2.24) is 10.2 Å². The zero-order chi connectivity index (χ0) is 15.1. The summed E-state index contributed by atoms with van der Waals surface area (Å²) in [7, 11) is 1.44. The van der Waals surface area contributed by atoms with Crippen LogP contribution < -0.4 is 5.32 Å². The van der Waals surface area contributed by atoms with Gasteiger partial charge in [0.05, 0.1) is 19.7 Å². The fraction of sp³-hybridized carbons (Fsp3) is 0.875. The summed E-state index contributed by atoms with van der Waals surface area (Å²) in [5.41, 5.74) is 0. The lowest BCUT2D eigenvalue weighted by Gasteiger charge is -2.38. The van der Waals surface area contributed by atoms with Crippen LogP contribution in [0.25, 0.3) is 0 Å². The summed E-state index contributed by atoms with van der Waals surface area (Å²) >= 11 is 0. The Morgan fingerprint density at radius 2 is 2.10 bits per heavy atom. The van der Waals surface area contributed by atoms with E-state index in [1.54, 1.807) is 0 Å².